The van der Waals surface area contributed by atoms with Crippen LogP contribution in [0, 0.1) is 5.92 Å². The van der Waals surface area contributed by atoms with E-state index >= 15 is 0 Å². The first-order valence-electron chi connectivity index (χ1n) is 7.47. The van der Waals surface area contributed by atoms with E-state index < -0.39 is 0 Å². The maximum Gasteiger partial charge on any atom is 0.227 e. The number of methoxy groups -OCH3 is 2. The highest BCUT2D eigenvalue weighted by Gasteiger charge is 2.36. The van der Waals surface area contributed by atoms with Crippen LogP contribution in [0.5, 0.6) is 5.75 Å². The molecule has 0 saturated carbocycles. The maximum absolute atomic E-state index is 12.3. The second kappa shape index (κ2) is 8.17. The van der Waals surface area contributed by atoms with Gasteiger partial charge < -0.3 is 19.7 Å². The van der Waals surface area contributed by atoms with Gasteiger partial charge in [0.05, 0.1) is 18.7 Å². The Morgan fingerprint density at radius 1 is 1.43 bits per heavy atom. The summed E-state index contributed by atoms with van der Waals surface area (Å²) < 4.78 is 10.2. The molecule has 0 bridgehead atoms. The standard InChI is InChI=1S/C16H21ClN2O4/c1-22-7-3-6-18-16(21)11-8-15(20)19(10-11)13-9-12(17)4-5-14(13)23-2/h4-5,9,11H,3,6-8,10H2,1-2H3,(H,18,21). The third kappa shape index (κ3) is 4.36. The van der Waals surface area contributed by atoms with Gasteiger partial charge in [0.15, 0.2) is 0 Å². The van der Waals surface area contributed by atoms with Gasteiger partial charge in [0.1, 0.15) is 5.75 Å². The van der Waals surface area contributed by atoms with Gasteiger partial charge in [0, 0.05) is 38.2 Å². The van der Waals surface area contributed by atoms with E-state index in [1.807, 2.05) is 0 Å². The Kier molecular flexibility index (Phi) is 6.24. The van der Waals surface area contributed by atoms with E-state index in [4.69, 9.17) is 21.1 Å². The van der Waals surface area contributed by atoms with E-state index in [0.717, 1.165) is 6.42 Å². The van der Waals surface area contributed by atoms with Crippen molar-refractivity contribution in [3.05, 3.63) is 23.2 Å². The molecule has 1 saturated heterocycles. The third-order valence-corrected chi connectivity index (χ3v) is 3.99. The number of halogens is 1. The first kappa shape index (κ1) is 17.6. The molecule has 1 fully saturated rings. The molecule has 1 aromatic rings. The lowest BCUT2D eigenvalue weighted by atomic mass is 10.1. The molecule has 1 aliphatic heterocycles. The number of carbonyl (C=O) groups excluding carboxylic acids is 2. The number of ether oxygens (including phenoxy) is 2. The molecule has 1 heterocycles. The largest absolute Gasteiger partial charge is 0.495 e. The Balaban J connectivity index is 2.02. The van der Waals surface area contributed by atoms with Crippen LogP contribution in [0.1, 0.15) is 12.8 Å². The second-order valence-electron chi connectivity index (χ2n) is 5.36. The summed E-state index contributed by atoms with van der Waals surface area (Å²) in [6, 6.07) is 5.09. The smallest absolute Gasteiger partial charge is 0.227 e. The Morgan fingerprint density at radius 2 is 2.22 bits per heavy atom. The van der Waals surface area contributed by atoms with E-state index in [1.165, 1.54) is 7.11 Å². The van der Waals surface area contributed by atoms with Crippen molar-refractivity contribution in [1.29, 1.82) is 0 Å². The molecule has 0 radical (unpaired) electrons. The summed E-state index contributed by atoms with van der Waals surface area (Å²) in [6.07, 6.45) is 0.931. The zero-order valence-corrected chi connectivity index (χ0v) is 14.1. The highest BCUT2D eigenvalue weighted by molar-refractivity contribution is 6.31. The number of benzene rings is 1. The fourth-order valence-corrected chi connectivity index (χ4v) is 2.73. The summed E-state index contributed by atoms with van der Waals surface area (Å²) in [6.45, 7) is 1.46. The molecule has 0 spiro atoms. The van der Waals surface area contributed by atoms with Crippen LogP contribution in [0.2, 0.25) is 5.02 Å². The van der Waals surface area contributed by atoms with Crippen LogP contribution < -0.4 is 15.0 Å². The molecule has 1 aliphatic rings. The van der Waals surface area contributed by atoms with Crippen LogP contribution in [-0.4, -0.2) is 45.7 Å². The minimum atomic E-state index is -0.367. The monoisotopic (exact) mass is 340 g/mol. The number of amides is 2. The lowest BCUT2D eigenvalue weighted by Gasteiger charge is -2.19. The van der Waals surface area contributed by atoms with Crippen LogP contribution in [0.15, 0.2) is 18.2 Å². The van der Waals surface area contributed by atoms with E-state index in [9.17, 15) is 9.59 Å². The van der Waals surface area contributed by atoms with E-state index in [-0.39, 0.29) is 24.2 Å². The first-order valence-corrected chi connectivity index (χ1v) is 7.85. The van der Waals surface area contributed by atoms with Crippen molar-refractivity contribution >= 4 is 29.1 Å². The number of rotatable bonds is 7. The number of nitrogens with zero attached hydrogens (tertiary/aromatic N) is 1. The number of hydrogen-bond acceptors (Lipinski definition) is 4. The molecule has 1 aromatic carbocycles. The van der Waals surface area contributed by atoms with Crippen molar-refractivity contribution in [2.45, 2.75) is 12.8 Å². The van der Waals surface area contributed by atoms with Crippen molar-refractivity contribution < 1.29 is 19.1 Å². The number of hydrogen-bond donors (Lipinski definition) is 1. The Bertz CT molecular complexity index is 579. The van der Waals surface area contributed by atoms with Crippen molar-refractivity contribution in [2.75, 3.05) is 38.8 Å². The van der Waals surface area contributed by atoms with Crippen LogP contribution in [-0.2, 0) is 14.3 Å². The summed E-state index contributed by atoms with van der Waals surface area (Å²) in [7, 11) is 3.15. The summed E-state index contributed by atoms with van der Waals surface area (Å²) in [5.41, 5.74) is 0.597. The topological polar surface area (TPSA) is 67.9 Å². The first-order chi connectivity index (χ1) is 11.1. The molecule has 1 atom stereocenters. The third-order valence-electron chi connectivity index (χ3n) is 3.75. The normalized spacial score (nSPS) is 17.4. The van der Waals surface area contributed by atoms with Crippen molar-refractivity contribution in [3.8, 4) is 5.75 Å². The zero-order chi connectivity index (χ0) is 16.8. The maximum atomic E-state index is 12.3. The van der Waals surface area contributed by atoms with Crippen LogP contribution in [0.25, 0.3) is 0 Å². The Morgan fingerprint density at radius 3 is 2.91 bits per heavy atom. The molecule has 0 aliphatic carbocycles. The summed E-state index contributed by atoms with van der Waals surface area (Å²) in [5.74, 6) is -0.0295. The number of nitrogens with one attached hydrogen (secondary N) is 1. The second-order valence-corrected chi connectivity index (χ2v) is 5.80. The lowest BCUT2D eigenvalue weighted by Crippen LogP contribution is -2.33. The highest BCUT2D eigenvalue weighted by Crippen LogP contribution is 2.35. The van der Waals surface area contributed by atoms with Crippen LogP contribution >= 0.6 is 11.6 Å². The average Bonchev–Trinajstić information content (AvgIpc) is 2.93. The van der Waals surface area contributed by atoms with Crippen LogP contribution in [0.4, 0.5) is 5.69 Å². The van der Waals surface area contributed by atoms with Gasteiger partial charge in [-0.15, -0.1) is 0 Å². The summed E-state index contributed by atoms with van der Waals surface area (Å²) >= 11 is 6.01. The minimum absolute atomic E-state index is 0.109. The fourth-order valence-electron chi connectivity index (χ4n) is 2.56. The Hall–Kier alpha value is -1.79. The lowest BCUT2D eigenvalue weighted by molar-refractivity contribution is -0.126. The molecule has 7 heteroatoms. The van der Waals surface area contributed by atoms with E-state index in [0.29, 0.717) is 36.2 Å². The predicted molar refractivity (Wildman–Crippen MR) is 88.0 cm³/mol. The van der Waals surface area contributed by atoms with E-state index in [1.54, 1.807) is 30.2 Å². The molecule has 6 nitrogen and oxygen atoms in total. The quantitative estimate of drug-likeness (QED) is 0.769. The zero-order valence-electron chi connectivity index (χ0n) is 13.3. The summed E-state index contributed by atoms with van der Waals surface area (Å²) in [4.78, 5) is 26.0. The van der Waals surface area contributed by atoms with Crippen molar-refractivity contribution in [2.24, 2.45) is 5.92 Å². The molecule has 2 rings (SSSR count). The van der Waals surface area contributed by atoms with Gasteiger partial charge in [-0.05, 0) is 24.6 Å². The number of carbonyl (C=O) groups is 2. The SMILES string of the molecule is COCCCNC(=O)C1CC(=O)N(c2cc(Cl)ccc2OC)C1. The predicted octanol–water partition coefficient (Wildman–Crippen LogP) is 1.85. The molecule has 23 heavy (non-hydrogen) atoms. The molecule has 1 N–H and O–H groups in total. The van der Waals surface area contributed by atoms with Crippen molar-refractivity contribution in [3.63, 3.8) is 0 Å². The van der Waals surface area contributed by atoms with E-state index in [2.05, 4.69) is 5.32 Å². The van der Waals surface area contributed by atoms with Gasteiger partial charge in [-0.25, -0.2) is 0 Å². The molecule has 1 unspecified atom stereocenters. The average molecular weight is 341 g/mol. The van der Waals surface area contributed by atoms with Crippen LogP contribution in [0.3, 0.4) is 0 Å². The fraction of sp³-hybridized carbons (Fsp3) is 0.500. The molecule has 126 valence electrons. The van der Waals surface area contributed by atoms with Crippen molar-refractivity contribution in [1.82, 2.24) is 5.32 Å². The van der Waals surface area contributed by atoms with Gasteiger partial charge in [0.2, 0.25) is 11.8 Å². The van der Waals surface area contributed by atoms with Gasteiger partial charge >= 0.3 is 0 Å². The minimum Gasteiger partial charge on any atom is -0.495 e. The molecule has 2 amide bonds. The highest BCUT2D eigenvalue weighted by atomic mass is 35.5. The molecule has 0 aromatic heterocycles. The summed E-state index contributed by atoms with van der Waals surface area (Å²) in [5, 5.41) is 3.35. The number of anilines is 1. The van der Waals surface area contributed by atoms with Gasteiger partial charge in [0.25, 0.3) is 0 Å². The molecular weight excluding hydrogens is 320 g/mol. The van der Waals surface area contributed by atoms with Gasteiger partial charge in [-0.3, -0.25) is 9.59 Å². The van der Waals surface area contributed by atoms with Gasteiger partial charge in [-0.2, -0.15) is 0 Å². The Labute approximate surface area is 140 Å². The van der Waals surface area contributed by atoms with Gasteiger partial charge in [-0.1, -0.05) is 11.6 Å². The molecular formula is C16H21ClN2O4.